The third kappa shape index (κ3) is 2.52. The number of allylic oxidation sites excluding steroid dienone is 1. The van der Waals surface area contributed by atoms with Crippen LogP contribution in [0.3, 0.4) is 0 Å². The molecule has 4 aliphatic rings. The topological polar surface area (TPSA) is 20.3 Å². The Bertz CT molecular complexity index is 797. The van der Waals surface area contributed by atoms with Crippen LogP contribution in [-0.4, -0.2) is 29.8 Å². The molecule has 27 heavy (non-hydrogen) atoms. The van der Waals surface area contributed by atoms with Crippen LogP contribution in [0.5, 0.6) is 0 Å². The molecule has 3 aliphatic carbocycles. The SMILES string of the molecule is CC(=O)C1(C2CC2C)CCC(N2CC[C@@]3(C=Cc4ccccc43)[C@@H](C)C2)C1. The van der Waals surface area contributed by atoms with Crippen LogP contribution < -0.4 is 0 Å². The van der Waals surface area contributed by atoms with E-state index in [-0.39, 0.29) is 10.8 Å². The summed E-state index contributed by atoms with van der Waals surface area (Å²) in [6, 6.07) is 9.56. The molecule has 0 bridgehead atoms. The van der Waals surface area contributed by atoms with Crippen LogP contribution in [0.15, 0.2) is 30.3 Å². The molecule has 2 nitrogen and oxygen atoms in total. The van der Waals surface area contributed by atoms with Gasteiger partial charge in [-0.3, -0.25) is 9.69 Å². The lowest BCUT2D eigenvalue weighted by Gasteiger charge is -2.46. The van der Waals surface area contributed by atoms with Gasteiger partial charge in [-0.25, -0.2) is 0 Å². The number of fused-ring (bicyclic) bond motifs is 2. The highest BCUT2D eigenvalue weighted by molar-refractivity contribution is 5.83. The van der Waals surface area contributed by atoms with Crippen molar-refractivity contribution in [2.45, 2.75) is 64.3 Å². The van der Waals surface area contributed by atoms with Gasteiger partial charge >= 0.3 is 0 Å². The zero-order valence-corrected chi connectivity index (χ0v) is 17.1. The van der Waals surface area contributed by atoms with Gasteiger partial charge in [-0.15, -0.1) is 0 Å². The quantitative estimate of drug-likeness (QED) is 0.747. The standard InChI is InChI=1S/C25H33NO/c1-17-14-23(17)25(19(3)27)11-9-21(15-25)26-13-12-24(18(2)16-26)10-8-20-6-4-5-7-22(20)24/h4-8,10,17-18,21,23H,9,11-16H2,1-3H3/t17?,18-,21?,23?,24-,25?/m0/s1. The largest absolute Gasteiger partial charge is 0.300 e. The summed E-state index contributed by atoms with van der Waals surface area (Å²) in [7, 11) is 0. The lowest BCUT2D eigenvalue weighted by Crippen LogP contribution is -2.50. The lowest BCUT2D eigenvalue weighted by atomic mass is 9.67. The fourth-order valence-corrected chi connectivity index (χ4v) is 6.93. The first-order valence-electron chi connectivity index (χ1n) is 11.0. The Morgan fingerprint density at radius 3 is 2.67 bits per heavy atom. The summed E-state index contributed by atoms with van der Waals surface area (Å²) >= 11 is 0. The maximum Gasteiger partial charge on any atom is 0.136 e. The third-order valence-electron chi connectivity index (χ3n) is 8.78. The molecule has 1 heterocycles. The first kappa shape index (κ1) is 17.7. The molecule has 0 N–H and O–H groups in total. The van der Waals surface area contributed by atoms with Crippen LogP contribution in [0, 0.1) is 23.2 Å². The fraction of sp³-hybridized carbons (Fsp3) is 0.640. The van der Waals surface area contributed by atoms with Gasteiger partial charge in [-0.2, -0.15) is 0 Å². The summed E-state index contributed by atoms with van der Waals surface area (Å²) < 4.78 is 0. The number of likely N-dealkylation sites (tertiary alicyclic amines) is 1. The Morgan fingerprint density at radius 2 is 1.96 bits per heavy atom. The van der Waals surface area contributed by atoms with E-state index in [1.807, 2.05) is 6.92 Å². The number of carbonyl (C=O) groups excluding carboxylic acids is 1. The maximum atomic E-state index is 12.6. The second-order valence-electron chi connectivity index (χ2n) is 10.0. The minimum atomic E-state index is 0.00230. The first-order valence-corrected chi connectivity index (χ1v) is 11.0. The van der Waals surface area contributed by atoms with Crippen LogP contribution in [0.1, 0.15) is 64.0 Å². The molecule has 5 rings (SSSR count). The van der Waals surface area contributed by atoms with E-state index in [1.165, 1.54) is 36.9 Å². The Morgan fingerprint density at radius 1 is 1.19 bits per heavy atom. The summed E-state index contributed by atoms with van der Waals surface area (Å²) in [6.07, 6.45) is 10.8. The highest BCUT2D eigenvalue weighted by atomic mass is 16.1. The number of benzene rings is 1. The Kier molecular flexibility index (Phi) is 3.95. The zero-order chi connectivity index (χ0) is 18.8. The van der Waals surface area contributed by atoms with Crippen LogP contribution in [0.4, 0.5) is 0 Å². The van der Waals surface area contributed by atoms with Crippen molar-refractivity contribution in [3.63, 3.8) is 0 Å². The number of rotatable bonds is 3. The van der Waals surface area contributed by atoms with Crippen molar-refractivity contribution in [3.8, 4) is 0 Å². The van der Waals surface area contributed by atoms with Crippen molar-refractivity contribution in [1.82, 2.24) is 4.90 Å². The summed E-state index contributed by atoms with van der Waals surface area (Å²) in [5.41, 5.74) is 3.18. The molecule has 2 heteroatoms. The molecule has 0 amide bonds. The monoisotopic (exact) mass is 363 g/mol. The van der Waals surface area contributed by atoms with Crippen molar-refractivity contribution in [2.24, 2.45) is 23.2 Å². The van der Waals surface area contributed by atoms with E-state index in [4.69, 9.17) is 0 Å². The number of nitrogens with zero attached hydrogens (tertiary/aromatic N) is 1. The number of Topliss-reactive ketones (excluding diaryl/α,β-unsaturated/α-hetero) is 1. The van der Waals surface area contributed by atoms with Crippen molar-refractivity contribution in [3.05, 3.63) is 41.5 Å². The van der Waals surface area contributed by atoms with Crippen LogP contribution in [0.2, 0.25) is 0 Å². The van der Waals surface area contributed by atoms with Gasteiger partial charge in [0.25, 0.3) is 0 Å². The van der Waals surface area contributed by atoms with Gasteiger partial charge in [0.05, 0.1) is 0 Å². The number of piperidine rings is 1. The summed E-state index contributed by atoms with van der Waals surface area (Å²) in [6.45, 7) is 8.97. The molecule has 3 fully saturated rings. The molecule has 1 aliphatic heterocycles. The van der Waals surface area contributed by atoms with Gasteiger partial charge in [-0.1, -0.05) is 50.3 Å². The second kappa shape index (κ2) is 6.04. The molecule has 144 valence electrons. The highest BCUT2D eigenvalue weighted by Gasteiger charge is 2.57. The molecule has 2 saturated carbocycles. The molecular weight excluding hydrogens is 330 g/mol. The number of hydrogen-bond donors (Lipinski definition) is 0. The molecule has 1 aromatic carbocycles. The van der Waals surface area contributed by atoms with Gasteiger partial charge in [0, 0.05) is 23.4 Å². The molecule has 4 unspecified atom stereocenters. The molecule has 6 atom stereocenters. The summed E-state index contributed by atoms with van der Waals surface area (Å²) in [5.74, 6) is 2.52. The second-order valence-corrected chi connectivity index (χ2v) is 10.0. The van der Waals surface area contributed by atoms with E-state index in [9.17, 15) is 4.79 Å². The van der Waals surface area contributed by atoms with Gasteiger partial charge in [0.2, 0.25) is 0 Å². The van der Waals surface area contributed by atoms with Crippen molar-refractivity contribution < 1.29 is 4.79 Å². The Balaban J connectivity index is 1.33. The molecule has 1 spiro atoms. The molecular formula is C25H33NO. The minimum absolute atomic E-state index is 0.00230. The summed E-state index contributed by atoms with van der Waals surface area (Å²) in [5, 5.41) is 0. The first-order chi connectivity index (χ1) is 13.0. The fourth-order valence-electron chi connectivity index (χ4n) is 6.93. The van der Waals surface area contributed by atoms with Gasteiger partial charge < -0.3 is 0 Å². The smallest absolute Gasteiger partial charge is 0.136 e. The predicted octanol–water partition coefficient (Wildman–Crippen LogP) is 5.08. The van der Waals surface area contributed by atoms with Crippen molar-refractivity contribution in [1.29, 1.82) is 0 Å². The predicted molar refractivity (Wildman–Crippen MR) is 111 cm³/mol. The third-order valence-corrected chi connectivity index (χ3v) is 8.78. The van der Waals surface area contributed by atoms with E-state index in [0.29, 0.717) is 23.7 Å². The van der Waals surface area contributed by atoms with Crippen LogP contribution in [0.25, 0.3) is 6.08 Å². The Labute approximate surface area is 164 Å². The van der Waals surface area contributed by atoms with Crippen LogP contribution >= 0.6 is 0 Å². The zero-order valence-electron chi connectivity index (χ0n) is 17.1. The Hall–Kier alpha value is -1.41. The van der Waals surface area contributed by atoms with Crippen molar-refractivity contribution >= 4 is 11.9 Å². The number of ketones is 1. The molecule has 1 aromatic rings. The van der Waals surface area contributed by atoms with E-state index < -0.39 is 0 Å². The van der Waals surface area contributed by atoms with E-state index in [1.54, 1.807) is 0 Å². The van der Waals surface area contributed by atoms with Gasteiger partial charge in [0.15, 0.2) is 0 Å². The van der Waals surface area contributed by atoms with Gasteiger partial charge in [0.1, 0.15) is 5.78 Å². The van der Waals surface area contributed by atoms with E-state index in [0.717, 1.165) is 25.3 Å². The average molecular weight is 364 g/mol. The van der Waals surface area contributed by atoms with Crippen molar-refractivity contribution in [2.75, 3.05) is 13.1 Å². The van der Waals surface area contributed by atoms with Gasteiger partial charge in [-0.05, 0) is 74.5 Å². The minimum Gasteiger partial charge on any atom is -0.300 e. The average Bonchev–Trinajstić information content (AvgIpc) is 3.09. The number of hydrogen-bond acceptors (Lipinski definition) is 2. The number of carbonyl (C=O) groups is 1. The lowest BCUT2D eigenvalue weighted by molar-refractivity contribution is -0.128. The summed E-state index contributed by atoms with van der Waals surface area (Å²) in [4.78, 5) is 15.3. The van der Waals surface area contributed by atoms with E-state index in [2.05, 4.69) is 55.2 Å². The molecule has 0 radical (unpaired) electrons. The molecule has 1 saturated heterocycles. The normalized spacial score (nSPS) is 43.2. The van der Waals surface area contributed by atoms with Crippen LogP contribution in [-0.2, 0) is 10.2 Å². The maximum absolute atomic E-state index is 12.6. The molecule has 0 aromatic heterocycles. The highest BCUT2D eigenvalue weighted by Crippen LogP contribution is 2.59. The van der Waals surface area contributed by atoms with E-state index >= 15 is 0 Å².